The van der Waals surface area contributed by atoms with Crippen LogP contribution >= 0.6 is 0 Å². The number of rotatable bonds is 2. The van der Waals surface area contributed by atoms with Crippen LogP contribution in [0.5, 0.6) is 5.75 Å². The van der Waals surface area contributed by atoms with E-state index in [1.807, 2.05) is 45.0 Å². The molecule has 0 aromatic heterocycles. The van der Waals surface area contributed by atoms with Gasteiger partial charge in [0.05, 0.1) is 38.0 Å². The number of carbonyl (C=O) groups excluding carboxylic acids is 1. The average Bonchev–Trinajstić information content (AvgIpc) is 3.44. The van der Waals surface area contributed by atoms with E-state index in [1.54, 1.807) is 12.0 Å². The Labute approximate surface area is 165 Å². The third kappa shape index (κ3) is 3.47. The number of fused-ring (bicyclic) bond motifs is 2. The zero-order chi connectivity index (χ0) is 20.1. The smallest absolute Gasteiger partial charge is 0.410 e. The molecule has 3 fully saturated rings. The van der Waals surface area contributed by atoms with Crippen LogP contribution in [0.2, 0.25) is 0 Å². The Hall–Kier alpha value is -1.83. The Morgan fingerprint density at radius 3 is 2.50 bits per heavy atom. The van der Waals surface area contributed by atoms with Gasteiger partial charge in [-0.3, -0.25) is 4.90 Å². The van der Waals surface area contributed by atoms with Gasteiger partial charge in [-0.15, -0.1) is 0 Å². The SMILES string of the molecule is COc1ccc(C2OC[C@@H]3[C@@H](O2)[C@@H](O)CN(C(=O)OC(C)(C)C)C32CC2)cc1. The van der Waals surface area contributed by atoms with Gasteiger partial charge in [-0.1, -0.05) is 12.1 Å². The first-order valence-corrected chi connectivity index (χ1v) is 9.83. The lowest BCUT2D eigenvalue weighted by Gasteiger charge is -2.51. The van der Waals surface area contributed by atoms with Gasteiger partial charge in [-0.05, 0) is 45.7 Å². The van der Waals surface area contributed by atoms with Crippen LogP contribution in [0.25, 0.3) is 0 Å². The van der Waals surface area contributed by atoms with E-state index in [2.05, 4.69) is 0 Å². The van der Waals surface area contributed by atoms with Gasteiger partial charge in [-0.25, -0.2) is 4.79 Å². The summed E-state index contributed by atoms with van der Waals surface area (Å²) in [7, 11) is 1.62. The summed E-state index contributed by atoms with van der Waals surface area (Å²) in [4.78, 5) is 14.4. The number of amides is 1. The van der Waals surface area contributed by atoms with E-state index in [1.165, 1.54) is 0 Å². The number of nitrogens with zero attached hydrogens (tertiary/aromatic N) is 1. The summed E-state index contributed by atoms with van der Waals surface area (Å²) < 4.78 is 23.0. The standard InChI is InChI=1S/C21H29NO6/c1-20(2,3)28-19(24)22-11-16(23)17-15(21(22)9-10-21)12-26-18(27-17)13-5-7-14(25-4)8-6-13/h5-8,15-18,23H,9-12H2,1-4H3/t15-,16+,17-,18?/m1/s1. The molecule has 7 heteroatoms. The Kier molecular flexibility index (Phi) is 4.80. The second-order valence-electron chi connectivity index (χ2n) is 8.91. The predicted molar refractivity (Wildman–Crippen MR) is 101 cm³/mol. The minimum Gasteiger partial charge on any atom is -0.497 e. The number of aliphatic hydroxyl groups excluding tert-OH is 1. The quantitative estimate of drug-likeness (QED) is 0.835. The second-order valence-corrected chi connectivity index (χ2v) is 8.91. The maximum absolute atomic E-state index is 12.7. The fourth-order valence-electron chi connectivity index (χ4n) is 4.33. The van der Waals surface area contributed by atoms with Gasteiger partial charge >= 0.3 is 6.09 Å². The van der Waals surface area contributed by atoms with E-state index in [9.17, 15) is 9.90 Å². The third-order valence-corrected chi connectivity index (χ3v) is 5.85. The minimum absolute atomic E-state index is 0.0710. The van der Waals surface area contributed by atoms with Crippen LogP contribution in [0.1, 0.15) is 45.5 Å². The van der Waals surface area contributed by atoms with E-state index in [-0.39, 0.29) is 30.2 Å². The summed E-state index contributed by atoms with van der Waals surface area (Å²) in [6.07, 6.45) is -0.319. The molecule has 7 nitrogen and oxygen atoms in total. The second kappa shape index (κ2) is 6.90. The van der Waals surface area contributed by atoms with E-state index >= 15 is 0 Å². The molecule has 1 aromatic rings. The number of methoxy groups -OCH3 is 1. The normalized spacial score (nSPS) is 31.2. The molecule has 1 saturated carbocycles. The average molecular weight is 391 g/mol. The highest BCUT2D eigenvalue weighted by Gasteiger charge is 2.64. The molecule has 1 aromatic carbocycles. The summed E-state index contributed by atoms with van der Waals surface area (Å²) in [5, 5.41) is 10.8. The highest BCUT2D eigenvalue weighted by Crippen LogP contribution is 2.55. The van der Waals surface area contributed by atoms with E-state index < -0.39 is 18.0 Å². The maximum atomic E-state index is 12.7. The number of carbonyl (C=O) groups is 1. The van der Waals surface area contributed by atoms with Crippen molar-refractivity contribution in [3.63, 3.8) is 0 Å². The molecule has 2 aliphatic heterocycles. The van der Waals surface area contributed by atoms with Crippen LogP contribution in [-0.2, 0) is 14.2 Å². The van der Waals surface area contributed by atoms with Gasteiger partial charge in [0.25, 0.3) is 0 Å². The molecule has 1 N–H and O–H groups in total. The van der Waals surface area contributed by atoms with Gasteiger partial charge in [0.15, 0.2) is 6.29 Å². The minimum atomic E-state index is -0.784. The fourth-order valence-corrected chi connectivity index (χ4v) is 4.33. The van der Waals surface area contributed by atoms with Gasteiger partial charge < -0.3 is 24.1 Å². The number of ether oxygens (including phenoxy) is 4. The molecule has 28 heavy (non-hydrogen) atoms. The van der Waals surface area contributed by atoms with Crippen LogP contribution in [0.3, 0.4) is 0 Å². The first kappa shape index (κ1) is 19.5. The van der Waals surface area contributed by atoms with Gasteiger partial charge in [0.1, 0.15) is 11.4 Å². The highest BCUT2D eigenvalue weighted by molar-refractivity contribution is 5.70. The molecule has 0 radical (unpaired) electrons. The van der Waals surface area contributed by atoms with Crippen molar-refractivity contribution in [2.45, 2.75) is 63.3 Å². The van der Waals surface area contributed by atoms with E-state index in [0.717, 1.165) is 24.2 Å². The molecule has 2 saturated heterocycles. The molecule has 4 rings (SSSR count). The molecule has 1 amide bonds. The molecule has 154 valence electrons. The number of hydrogen-bond donors (Lipinski definition) is 1. The molecule has 1 spiro atoms. The molecule has 4 atom stereocenters. The van der Waals surface area contributed by atoms with E-state index in [4.69, 9.17) is 18.9 Å². The summed E-state index contributed by atoms with van der Waals surface area (Å²) in [5.74, 6) is 0.693. The Balaban J connectivity index is 1.50. The molecular weight excluding hydrogens is 362 g/mol. The largest absolute Gasteiger partial charge is 0.497 e. The van der Waals surface area contributed by atoms with Crippen molar-refractivity contribution in [2.24, 2.45) is 5.92 Å². The first-order valence-electron chi connectivity index (χ1n) is 9.83. The number of piperidine rings is 1. The summed E-state index contributed by atoms with van der Waals surface area (Å²) >= 11 is 0. The summed E-state index contributed by atoms with van der Waals surface area (Å²) in [6, 6.07) is 7.52. The third-order valence-electron chi connectivity index (χ3n) is 5.85. The lowest BCUT2D eigenvalue weighted by molar-refractivity contribution is -0.285. The number of aliphatic hydroxyl groups is 1. The maximum Gasteiger partial charge on any atom is 0.410 e. The van der Waals surface area contributed by atoms with Crippen molar-refractivity contribution >= 4 is 6.09 Å². The van der Waals surface area contributed by atoms with Crippen molar-refractivity contribution in [1.29, 1.82) is 0 Å². The lowest BCUT2D eigenvalue weighted by atomic mass is 9.82. The molecule has 0 bridgehead atoms. The van der Waals surface area contributed by atoms with Gasteiger partial charge in [0, 0.05) is 11.5 Å². The van der Waals surface area contributed by atoms with Gasteiger partial charge in [0.2, 0.25) is 0 Å². The van der Waals surface area contributed by atoms with Crippen LogP contribution in [-0.4, -0.2) is 59.7 Å². The molecule has 3 aliphatic rings. The van der Waals surface area contributed by atoms with Crippen LogP contribution in [0.4, 0.5) is 4.79 Å². The zero-order valence-corrected chi connectivity index (χ0v) is 16.9. The topological polar surface area (TPSA) is 77.5 Å². The van der Waals surface area contributed by atoms with Crippen molar-refractivity contribution in [3.8, 4) is 5.75 Å². The van der Waals surface area contributed by atoms with Crippen molar-refractivity contribution in [3.05, 3.63) is 29.8 Å². The molecule has 1 unspecified atom stereocenters. The monoisotopic (exact) mass is 391 g/mol. The van der Waals surface area contributed by atoms with Crippen LogP contribution in [0, 0.1) is 5.92 Å². The number of β-amino-alcohol motifs (C(OH)–C–C–N with tert-alkyl or cyclic N) is 1. The zero-order valence-electron chi connectivity index (χ0n) is 16.9. The van der Waals surface area contributed by atoms with Crippen LogP contribution < -0.4 is 4.74 Å². The number of hydrogen-bond acceptors (Lipinski definition) is 6. The summed E-state index contributed by atoms with van der Waals surface area (Å²) in [5.41, 5.74) is -0.0312. The Morgan fingerprint density at radius 1 is 1.25 bits per heavy atom. The molecular formula is C21H29NO6. The van der Waals surface area contributed by atoms with Crippen molar-refractivity contribution in [2.75, 3.05) is 20.3 Å². The van der Waals surface area contributed by atoms with E-state index in [0.29, 0.717) is 6.61 Å². The highest BCUT2D eigenvalue weighted by atomic mass is 16.7. The molecule has 1 aliphatic carbocycles. The van der Waals surface area contributed by atoms with Crippen molar-refractivity contribution in [1.82, 2.24) is 4.90 Å². The Morgan fingerprint density at radius 2 is 1.93 bits per heavy atom. The number of likely N-dealkylation sites (tertiary alicyclic amines) is 1. The fraction of sp³-hybridized carbons (Fsp3) is 0.667. The van der Waals surface area contributed by atoms with Crippen LogP contribution in [0.15, 0.2) is 24.3 Å². The number of benzene rings is 1. The Bertz CT molecular complexity index is 723. The van der Waals surface area contributed by atoms with Crippen molar-refractivity contribution < 1.29 is 28.8 Å². The predicted octanol–water partition coefficient (Wildman–Crippen LogP) is 2.87. The first-order chi connectivity index (χ1) is 13.2. The van der Waals surface area contributed by atoms with Gasteiger partial charge in [-0.2, -0.15) is 0 Å². The lowest BCUT2D eigenvalue weighted by Crippen LogP contribution is -2.65. The molecule has 2 heterocycles. The summed E-state index contributed by atoms with van der Waals surface area (Å²) in [6.45, 7) is 6.18.